The van der Waals surface area contributed by atoms with Crippen molar-refractivity contribution in [3.63, 3.8) is 0 Å². The zero-order chi connectivity index (χ0) is 9.90. The van der Waals surface area contributed by atoms with Crippen molar-refractivity contribution >= 4 is 5.91 Å². The second-order valence-electron chi connectivity index (χ2n) is 3.76. The van der Waals surface area contributed by atoms with Gasteiger partial charge in [0.25, 0.3) is 5.91 Å². The van der Waals surface area contributed by atoms with Gasteiger partial charge in [-0.05, 0) is 13.8 Å². The number of morpholine rings is 1. The summed E-state index contributed by atoms with van der Waals surface area (Å²) in [6.07, 6.45) is 0. The molecule has 1 heterocycles. The number of nitrogens with two attached hydrogens (primary N) is 1. The number of ether oxygens (including phenoxy) is 1. The lowest BCUT2D eigenvalue weighted by Crippen LogP contribution is -2.57. The van der Waals surface area contributed by atoms with Crippen LogP contribution in [0.4, 0.5) is 0 Å². The monoisotopic (exact) mass is 187 g/mol. The molecule has 0 bridgehead atoms. The first-order chi connectivity index (χ1) is 6.00. The average Bonchev–Trinajstić information content (AvgIpc) is 2.04. The van der Waals surface area contributed by atoms with E-state index in [0.29, 0.717) is 13.2 Å². The quantitative estimate of drug-likeness (QED) is 0.587. The summed E-state index contributed by atoms with van der Waals surface area (Å²) >= 11 is 0. The van der Waals surface area contributed by atoms with Crippen LogP contribution in [0.15, 0.2) is 0 Å². The molecule has 0 radical (unpaired) electrons. The lowest BCUT2D eigenvalue weighted by atomic mass is 10.1. The Morgan fingerprint density at radius 2 is 2.00 bits per heavy atom. The van der Waals surface area contributed by atoms with E-state index in [1.807, 2.05) is 5.01 Å². The van der Waals surface area contributed by atoms with Crippen molar-refractivity contribution in [2.24, 2.45) is 5.73 Å². The molecule has 0 aromatic rings. The van der Waals surface area contributed by atoms with Crippen LogP contribution in [0.2, 0.25) is 0 Å². The second kappa shape index (κ2) is 4.04. The molecule has 0 unspecified atom stereocenters. The number of hydrogen-bond donors (Lipinski definition) is 2. The minimum absolute atomic E-state index is 0.158. The van der Waals surface area contributed by atoms with Crippen LogP contribution in [0.25, 0.3) is 0 Å². The number of hydrazine groups is 1. The first-order valence-electron chi connectivity index (χ1n) is 4.43. The molecule has 1 aliphatic heterocycles. The first-order valence-corrected chi connectivity index (χ1v) is 4.43. The summed E-state index contributed by atoms with van der Waals surface area (Å²) < 4.78 is 5.14. The van der Waals surface area contributed by atoms with E-state index in [2.05, 4.69) is 5.43 Å². The highest BCUT2D eigenvalue weighted by molar-refractivity contribution is 5.84. The summed E-state index contributed by atoms with van der Waals surface area (Å²) in [5, 5.41) is 1.83. The number of hydrogen-bond acceptors (Lipinski definition) is 4. The summed E-state index contributed by atoms with van der Waals surface area (Å²) in [6.45, 7) is 6.13. The minimum atomic E-state index is -0.821. The van der Waals surface area contributed by atoms with E-state index >= 15 is 0 Å². The van der Waals surface area contributed by atoms with Gasteiger partial charge >= 0.3 is 0 Å². The molecule has 1 aliphatic rings. The lowest BCUT2D eigenvalue weighted by molar-refractivity contribution is -0.132. The molecule has 5 nitrogen and oxygen atoms in total. The van der Waals surface area contributed by atoms with Gasteiger partial charge in [0.1, 0.15) is 0 Å². The smallest absolute Gasteiger partial charge is 0.253 e. The van der Waals surface area contributed by atoms with Gasteiger partial charge in [0.05, 0.1) is 18.8 Å². The third kappa shape index (κ3) is 3.30. The van der Waals surface area contributed by atoms with Crippen LogP contribution in [0.1, 0.15) is 13.8 Å². The number of amides is 1. The van der Waals surface area contributed by atoms with Gasteiger partial charge in [-0.25, -0.2) is 5.01 Å². The highest BCUT2D eigenvalue weighted by Crippen LogP contribution is 1.98. The van der Waals surface area contributed by atoms with Crippen molar-refractivity contribution < 1.29 is 9.53 Å². The Balaban J connectivity index is 2.35. The molecule has 3 N–H and O–H groups in total. The fraction of sp³-hybridized carbons (Fsp3) is 0.875. The van der Waals surface area contributed by atoms with E-state index in [9.17, 15) is 4.79 Å². The van der Waals surface area contributed by atoms with Crippen LogP contribution >= 0.6 is 0 Å². The van der Waals surface area contributed by atoms with Crippen molar-refractivity contribution in [2.75, 3.05) is 26.3 Å². The third-order valence-corrected chi connectivity index (χ3v) is 1.86. The van der Waals surface area contributed by atoms with Crippen LogP contribution in [0.3, 0.4) is 0 Å². The Morgan fingerprint density at radius 1 is 1.46 bits per heavy atom. The highest BCUT2D eigenvalue weighted by Gasteiger charge is 2.24. The molecule has 13 heavy (non-hydrogen) atoms. The molecule has 0 atom stereocenters. The Morgan fingerprint density at radius 3 is 2.46 bits per heavy atom. The first kappa shape index (κ1) is 10.4. The maximum Gasteiger partial charge on any atom is 0.253 e. The second-order valence-corrected chi connectivity index (χ2v) is 3.76. The number of nitrogens with zero attached hydrogens (tertiary/aromatic N) is 1. The fourth-order valence-electron chi connectivity index (χ4n) is 0.963. The molecule has 0 aromatic heterocycles. The van der Waals surface area contributed by atoms with Gasteiger partial charge in [0, 0.05) is 13.1 Å². The summed E-state index contributed by atoms with van der Waals surface area (Å²) in [5.41, 5.74) is 7.55. The number of nitrogens with one attached hydrogen (secondary N) is 1. The standard InChI is InChI=1S/C8H17N3O2/c1-8(2,9)7(12)10-11-3-5-13-6-4-11/h3-6,9H2,1-2H3,(H,10,12). The van der Waals surface area contributed by atoms with Gasteiger partial charge in [-0.3, -0.25) is 10.2 Å². The molecule has 1 fully saturated rings. The molecule has 0 saturated carbocycles. The Labute approximate surface area is 78.2 Å². The number of rotatable bonds is 2. The van der Waals surface area contributed by atoms with Gasteiger partial charge in [-0.1, -0.05) is 0 Å². The zero-order valence-electron chi connectivity index (χ0n) is 8.17. The molecule has 0 aliphatic carbocycles. The minimum Gasteiger partial charge on any atom is -0.379 e. The molecular formula is C8H17N3O2. The summed E-state index contributed by atoms with van der Waals surface area (Å²) in [5.74, 6) is -0.158. The van der Waals surface area contributed by atoms with Gasteiger partial charge < -0.3 is 10.5 Å². The van der Waals surface area contributed by atoms with Gasteiger partial charge in [0.2, 0.25) is 0 Å². The molecule has 5 heteroatoms. The molecule has 0 aromatic carbocycles. The Hall–Kier alpha value is -0.650. The topological polar surface area (TPSA) is 67.6 Å². The van der Waals surface area contributed by atoms with Gasteiger partial charge in [0.15, 0.2) is 0 Å². The molecule has 0 spiro atoms. The van der Waals surface area contributed by atoms with E-state index < -0.39 is 5.54 Å². The summed E-state index contributed by atoms with van der Waals surface area (Å²) in [7, 11) is 0. The molecule has 76 valence electrons. The van der Waals surface area contributed by atoms with Gasteiger partial charge in [-0.15, -0.1) is 0 Å². The highest BCUT2D eigenvalue weighted by atomic mass is 16.5. The van der Waals surface area contributed by atoms with Crippen molar-refractivity contribution in [1.82, 2.24) is 10.4 Å². The van der Waals surface area contributed by atoms with E-state index in [4.69, 9.17) is 10.5 Å². The van der Waals surface area contributed by atoms with Crippen LogP contribution in [-0.2, 0) is 9.53 Å². The van der Waals surface area contributed by atoms with Crippen LogP contribution < -0.4 is 11.2 Å². The fourth-order valence-corrected chi connectivity index (χ4v) is 0.963. The molecule has 1 saturated heterocycles. The third-order valence-electron chi connectivity index (χ3n) is 1.86. The summed E-state index contributed by atoms with van der Waals surface area (Å²) in [6, 6.07) is 0. The van der Waals surface area contributed by atoms with Crippen LogP contribution in [-0.4, -0.2) is 42.8 Å². The van der Waals surface area contributed by atoms with Crippen molar-refractivity contribution in [3.05, 3.63) is 0 Å². The molecule has 1 rings (SSSR count). The lowest BCUT2D eigenvalue weighted by Gasteiger charge is -2.29. The zero-order valence-corrected chi connectivity index (χ0v) is 8.17. The van der Waals surface area contributed by atoms with Crippen molar-refractivity contribution in [3.8, 4) is 0 Å². The van der Waals surface area contributed by atoms with Crippen molar-refractivity contribution in [2.45, 2.75) is 19.4 Å². The predicted octanol–water partition coefficient (Wildman–Crippen LogP) is -0.913. The van der Waals surface area contributed by atoms with Crippen molar-refractivity contribution in [1.29, 1.82) is 0 Å². The SMILES string of the molecule is CC(C)(N)C(=O)NN1CCOCC1. The molecular weight excluding hydrogens is 170 g/mol. The van der Waals surface area contributed by atoms with E-state index in [1.165, 1.54) is 0 Å². The van der Waals surface area contributed by atoms with Crippen LogP contribution in [0.5, 0.6) is 0 Å². The predicted molar refractivity (Wildman–Crippen MR) is 48.8 cm³/mol. The Bertz CT molecular complexity index is 182. The van der Waals surface area contributed by atoms with Crippen LogP contribution in [0, 0.1) is 0 Å². The van der Waals surface area contributed by atoms with E-state index in [0.717, 1.165) is 13.1 Å². The maximum absolute atomic E-state index is 11.4. The van der Waals surface area contributed by atoms with E-state index in [-0.39, 0.29) is 5.91 Å². The number of carbonyl (C=O) groups excluding carboxylic acids is 1. The Kier molecular flexibility index (Phi) is 3.24. The average molecular weight is 187 g/mol. The largest absolute Gasteiger partial charge is 0.379 e. The van der Waals surface area contributed by atoms with Gasteiger partial charge in [-0.2, -0.15) is 0 Å². The molecule has 1 amide bonds. The van der Waals surface area contributed by atoms with E-state index in [1.54, 1.807) is 13.8 Å². The number of carbonyl (C=O) groups is 1. The maximum atomic E-state index is 11.4. The summed E-state index contributed by atoms with van der Waals surface area (Å²) in [4.78, 5) is 11.4. The normalized spacial score (nSPS) is 19.9.